The van der Waals surface area contributed by atoms with Crippen LogP contribution in [0.1, 0.15) is 139 Å². The zero-order chi connectivity index (χ0) is 54.3. The van der Waals surface area contributed by atoms with Crippen LogP contribution in [0.3, 0.4) is 0 Å². The lowest BCUT2D eigenvalue weighted by molar-refractivity contribution is 0.443. The van der Waals surface area contributed by atoms with Crippen molar-refractivity contribution in [2.24, 2.45) is 10.8 Å². The van der Waals surface area contributed by atoms with Gasteiger partial charge in [-0.05, 0) is 96.9 Å². The van der Waals surface area contributed by atoms with Crippen LogP contribution in [0.2, 0.25) is 10.0 Å². The van der Waals surface area contributed by atoms with E-state index in [0.29, 0.717) is 90.9 Å². The van der Waals surface area contributed by atoms with E-state index >= 15 is 0 Å². The Balaban J connectivity index is 0.000000186. The van der Waals surface area contributed by atoms with Gasteiger partial charge in [0.25, 0.3) is 0 Å². The largest absolute Gasteiger partial charge is 0.383 e. The van der Waals surface area contributed by atoms with Gasteiger partial charge in [-0.2, -0.15) is 14.9 Å². The summed E-state index contributed by atoms with van der Waals surface area (Å²) in [5.74, 6) is -2.94. The Morgan fingerprint density at radius 2 is 1.15 bits per heavy atom. The Morgan fingerprint density at radius 1 is 0.703 bits per heavy atom. The predicted molar refractivity (Wildman–Crippen MR) is 289 cm³/mol. The Bertz CT molecular complexity index is 3550. The van der Waals surface area contributed by atoms with E-state index in [2.05, 4.69) is 105 Å². The molecule has 0 amide bonds. The second kappa shape index (κ2) is 21.3. The lowest BCUT2D eigenvalue weighted by atomic mass is 9.89. The average Bonchev–Trinajstić information content (AvgIpc) is 4.31. The Morgan fingerprint density at radius 3 is 1.57 bits per heavy atom. The number of fused-ring (bicyclic) bond motifs is 2. The summed E-state index contributed by atoms with van der Waals surface area (Å²) < 4.78 is 38.0. The molecule has 2 aliphatic rings. The topological polar surface area (TPSA) is 188 Å². The molecule has 6 heterocycles. The first-order chi connectivity index (χ1) is 36.1. The summed E-state index contributed by atoms with van der Waals surface area (Å²) in [7, 11) is 3.84. The van der Waals surface area contributed by atoms with E-state index in [4.69, 9.17) is 23.2 Å². The van der Waals surface area contributed by atoms with E-state index in [1.54, 1.807) is 41.5 Å². The Hall–Kier alpha value is -7.27. The van der Waals surface area contributed by atoms with Crippen LogP contribution >= 0.6 is 23.2 Å². The normalized spacial score (nSPS) is 15.7. The number of benzene rings is 2. The molecule has 2 aliphatic carbocycles. The maximum atomic E-state index is 15.0. The molecule has 2 N–H and O–H groups in total. The first kappa shape index (κ1) is 49.0. The lowest BCUT2D eigenvalue weighted by Gasteiger charge is -2.23. The van der Waals surface area contributed by atoms with Crippen LogP contribution in [-0.4, -0.2) is 77.1 Å². The smallest absolute Gasteiger partial charge is 0.216 e. The molecule has 0 unspecified atom stereocenters. The van der Waals surface area contributed by atoms with E-state index in [9.17, 15) is 17.7 Å². The summed E-state index contributed by atoms with van der Waals surface area (Å²) in [4.78, 5) is 19.2. The van der Waals surface area contributed by atoms with Gasteiger partial charge in [0.1, 0.15) is 18.0 Å². The molecular formula is C56H60Cl2FN15. The van der Waals surface area contributed by atoms with Gasteiger partial charge >= 0.3 is 0 Å². The van der Waals surface area contributed by atoms with Gasteiger partial charge in [0.2, 0.25) is 5.95 Å². The quantitative estimate of drug-likeness (QED) is 0.0924. The van der Waals surface area contributed by atoms with Crippen molar-refractivity contribution in [3.63, 3.8) is 0 Å². The minimum atomic E-state index is -1.61. The highest BCUT2D eigenvalue weighted by molar-refractivity contribution is 6.36. The van der Waals surface area contributed by atoms with Crippen LogP contribution in [-0.2, 0) is 12.8 Å². The van der Waals surface area contributed by atoms with E-state index in [-0.39, 0.29) is 35.3 Å². The predicted octanol–water partition coefficient (Wildman–Crippen LogP) is 12.0. The molecule has 2 atom stereocenters. The first-order valence-corrected chi connectivity index (χ1v) is 25.4. The van der Waals surface area contributed by atoms with E-state index in [1.165, 1.54) is 12.4 Å². The fourth-order valence-electron chi connectivity index (χ4n) is 8.61. The van der Waals surface area contributed by atoms with Gasteiger partial charge in [-0.15, -0.1) is 10.2 Å². The van der Waals surface area contributed by atoms with Gasteiger partial charge in [0.05, 0.1) is 67.1 Å². The molecule has 380 valence electrons. The van der Waals surface area contributed by atoms with Crippen LogP contribution in [0, 0.1) is 39.4 Å². The minimum Gasteiger partial charge on any atom is -0.383 e. The SMILES string of the molecule is [2H][C@](Cc1cc(Cl)c2ncc(C#N)c(NCC(C)(C)C)c2c1)(c1cn(C2CC2)nn1)c1cccnc1F.[2H][C@](Cc1cc(Cl)c2ncc(C#N)c(NCC(C)(C)C)c2c1)(c1cn(C2CC2)nn1)c1cccnc1N(C)C. The first-order valence-electron chi connectivity index (χ1n) is 25.7. The average molecular weight is 1040 g/mol. The third-order valence-electron chi connectivity index (χ3n) is 12.7. The number of rotatable bonds is 15. The van der Waals surface area contributed by atoms with E-state index in [1.807, 2.05) is 60.2 Å². The van der Waals surface area contributed by atoms with E-state index < -0.39 is 17.7 Å². The van der Waals surface area contributed by atoms with E-state index in [0.717, 1.165) is 42.2 Å². The van der Waals surface area contributed by atoms with Crippen molar-refractivity contribution in [2.45, 2.75) is 104 Å². The van der Waals surface area contributed by atoms with Crippen LogP contribution in [0.15, 0.2) is 85.7 Å². The summed E-state index contributed by atoms with van der Waals surface area (Å²) in [5, 5.41) is 46.1. The second-order valence-electron chi connectivity index (χ2n) is 21.6. The molecule has 2 aromatic carbocycles. The summed E-state index contributed by atoms with van der Waals surface area (Å²) in [6.07, 6.45) is 14.3. The Kier molecular flexibility index (Phi) is 14.1. The van der Waals surface area contributed by atoms with Crippen LogP contribution in [0.5, 0.6) is 0 Å². The molecule has 0 spiro atoms. The number of aromatic nitrogens is 10. The lowest BCUT2D eigenvalue weighted by Crippen LogP contribution is -2.20. The minimum absolute atomic E-state index is 0.00364. The maximum absolute atomic E-state index is 15.0. The van der Waals surface area contributed by atoms with Crippen molar-refractivity contribution in [2.75, 3.05) is 42.7 Å². The zero-order valence-electron chi connectivity index (χ0n) is 44.8. The van der Waals surface area contributed by atoms with Crippen molar-refractivity contribution < 1.29 is 7.13 Å². The number of anilines is 3. The number of nitrogens with one attached hydrogen (secondary N) is 2. The highest BCUT2D eigenvalue weighted by Crippen LogP contribution is 2.41. The van der Waals surface area contributed by atoms with Crippen LogP contribution < -0.4 is 15.5 Å². The molecule has 0 radical (unpaired) electrons. The molecule has 0 saturated heterocycles. The van der Waals surface area contributed by atoms with Gasteiger partial charge in [0, 0.05) is 101 Å². The number of pyridine rings is 4. The number of hydrogen-bond donors (Lipinski definition) is 2. The van der Waals surface area contributed by atoms with Crippen LogP contribution in [0.25, 0.3) is 21.8 Å². The third-order valence-corrected chi connectivity index (χ3v) is 13.2. The van der Waals surface area contributed by atoms with Crippen LogP contribution in [0.4, 0.5) is 21.6 Å². The molecule has 15 nitrogen and oxygen atoms in total. The Labute approximate surface area is 444 Å². The molecular weight excluding hydrogens is 973 g/mol. The van der Waals surface area contributed by atoms with Crippen molar-refractivity contribution in [1.29, 1.82) is 10.5 Å². The third kappa shape index (κ3) is 11.9. The fourth-order valence-corrected chi connectivity index (χ4v) is 9.20. The highest BCUT2D eigenvalue weighted by Gasteiger charge is 2.31. The van der Waals surface area contributed by atoms with Crippen molar-refractivity contribution in [3.05, 3.63) is 146 Å². The van der Waals surface area contributed by atoms with Gasteiger partial charge in [0.15, 0.2) is 0 Å². The van der Waals surface area contributed by atoms with Gasteiger partial charge in [-0.3, -0.25) is 9.97 Å². The summed E-state index contributed by atoms with van der Waals surface area (Å²) in [5.41, 5.74) is 6.51. The number of halogens is 3. The number of nitriles is 2. The second-order valence-corrected chi connectivity index (χ2v) is 22.5. The van der Waals surface area contributed by atoms with Gasteiger partial charge in [-0.1, -0.05) is 87.3 Å². The molecule has 6 aromatic heterocycles. The molecule has 0 aliphatic heterocycles. The molecule has 2 fully saturated rings. The molecule has 0 bridgehead atoms. The maximum Gasteiger partial charge on any atom is 0.216 e. The molecule has 8 aromatic rings. The standard InChI is InChI=1S/C29H33ClN8.C27H27ClFN7/c1-29(2,3)17-34-26-19(14-31)15-33-27-23(26)12-18(13-24(27)30)11-22(21-7-6-10-32-28(21)37(4)5)25-16-38(36-35-25)20-8-9-20;1-27(2,3)15-33-24-17(12-30)13-32-25-21(24)10-16(11-22(25)28)9-20(19-5-4-8-31-26(19)29)23-14-36(35-34-23)18-6-7-18/h6-7,10,12-13,15-16,20,22H,8-9,11,17H2,1-5H3,(H,33,34);4-5,8,10-11,13-14,18,20H,6-7,9,15H2,1-3H3,(H,32,33)/t22-;20-/m11/s1/i22D;20D. The van der Waals surface area contributed by atoms with Crippen molar-refractivity contribution in [1.82, 2.24) is 49.9 Å². The fraction of sp³-hybridized carbons (Fsp3) is 0.393. The number of nitrogens with zero attached hydrogens (tertiary/aromatic N) is 13. The van der Waals surface area contributed by atoms with Gasteiger partial charge < -0.3 is 15.5 Å². The zero-order valence-corrected chi connectivity index (χ0v) is 44.4. The summed E-state index contributed by atoms with van der Waals surface area (Å²) >= 11 is 13.5. The molecule has 74 heavy (non-hydrogen) atoms. The summed E-state index contributed by atoms with van der Waals surface area (Å²) in [6, 6.07) is 19.5. The van der Waals surface area contributed by atoms with Crippen molar-refractivity contribution in [3.8, 4) is 12.1 Å². The number of hydrogen-bond acceptors (Lipinski definition) is 13. The van der Waals surface area contributed by atoms with Crippen molar-refractivity contribution >= 4 is 62.2 Å². The van der Waals surface area contributed by atoms with Gasteiger partial charge in [-0.25, -0.2) is 19.3 Å². The molecule has 2 saturated carbocycles. The monoisotopic (exact) mass is 1030 g/mol. The highest BCUT2D eigenvalue weighted by atomic mass is 35.5. The molecule has 18 heteroatoms. The molecule has 10 rings (SSSR count). The summed E-state index contributed by atoms with van der Waals surface area (Å²) in [6.45, 7) is 14.0.